The molecule has 0 amide bonds. The fraction of sp³-hybridized carbons (Fsp3) is 0. The third-order valence-electron chi connectivity index (χ3n) is 3.80. The topological polar surface area (TPSA) is 68.3 Å². The van der Waals surface area contributed by atoms with Crippen LogP contribution in [-0.4, -0.2) is 15.0 Å². The quantitative estimate of drug-likeness (QED) is 0.480. The Kier molecular flexibility index (Phi) is 3.44. The Hall–Kier alpha value is -2.91. The summed E-state index contributed by atoms with van der Waals surface area (Å²) in [6, 6.07) is 12.4. The molecule has 0 radical (unpaired) electrons. The number of rotatable bonds is 2. The van der Waals surface area contributed by atoms with Crippen LogP contribution in [0.1, 0.15) is 11.4 Å². The molecule has 2 aromatic heterocycles. The van der Waals surface area contributed by atoms with Gasteiger partial charge in [-0.05, 0) is 42.5 Å². The predicted molar refractivity (Wildman–Crippen MR) is 95.5 cm³/mol. The molecule has 0 aliphatic rings. The number of hydrogen-bond donors (Lipinski definition) is 2. The molecule has 0 saturated heterocycles. The van der Waals surface area contributed by atoms with E-state index >= 15 is 0 Å². The van der Waals surface area contributed by atoms with Crippen molar-refractivity contribution in [3.05, 3.63) is 64.3 Å². The van der Waals surface area contributed by atoms with Crippen LogP contribution in [0.5, 0.6) is 0 Å². The van der Waals surface area contributed by atoms with Crippen molar-refractivity contribution in [2.24, 2.45) is 0 Å². The second kappa shape index (κ2) is 5.62. The first-order valence-corrected chi connectivity index (χ1v) is 7.97. The lowest BCUT2D eigenvalue weighted by molar-refractivity contribution is 0.629. The van der Waals surface area contributed by atoms with Crippen LogP contribution in [0.25, 0.3) is 33.6 Å². The zero-order valence-electron chi connectivity index (χ0n) is 12.3. The largest absolute Gasteiger partial charge is 0.361 e. The molecule has 2 N–H and O–H groups in total. The number of allylic oxidation sites excluding steroid dienone is 1. The Balaban J connectivity index is 1.85. The summed E-state index contributed by atoms with van der Waals surface area (Å²) in [7, 11) is 0. The summed E-state index contributed by atoms with van der Waals surface area (Å²) in [5.41, 5.74) is 3.43. The molecule has 2 aromatic carbocycles. The number of nitrogens with zero attached hydrogens (tertiary/aromatic N) is 2. The van der Waals surface area contributed by atoms with Gasteiger partial charge >= 0.3 is 0 Å². The Bertz CT molecular complexity index is 1150. The minimum Gasteiger partial charge on any atom is -0.361 e. The Morgan fingerprint density at radius 1 is 1.21 bits per heavy atom. The molecule has 0 saturated carbocycles. The molecule has 0 aliphatic carbocycles. The van der Waals surface area contributed by atoms with E-state index in [4.69, 9.17) is 0 Å². The van der Waals surface area contributed by atoms with Gasteiger partial charge in [-0.15, -0.1) is 0 Å². The fourth-order valence-electron chi connectivity index (χ4n) is 2.65. The van der Waals surface area contributed by atoms with Crippen LogP contribution < -0.4 is 0 Å². The van der Waals surface area contributed by atoms with Crippen molar-refractivity contribution >= 4 is 49.5 Å². The van der Waals surface area contributed by atoms with Crippen molar-refractivity contribution in [1.29, 1.82) is 5.26 Å². The summed E-state index contributed by atoms with van der Waals surface area (Å²) in [5.74, 6) is 0.0733. The molecule has 6 heteroatoms. The van der Waals surface area contributed by atoms with Crippen molar-refractivity contribution in [3.8, 4) is 6.07 Å². The Morgan fingerprint density at radius 3 is 2.92 bits per heavy atom. The normalized spacial score (nSPS) is 12.0. The third-order valence-corrected chi connectivity index (χ3v) is 4.29. The Labute approximate surface area is 144 Å². The average Bonchev–Trinajstić information content (AvgIpc) is 3.15. The van der Waals surface area contributed by atoms with Gasteiger partial charge in [0, 0.05) is 27.1 Å². The molecule has 4 aromatic rings. The predicted octanol–water partition coefficient (Wildman–Crippen LogP) is 5.01. The first-order chi connectivity index (χ1) is 11.6. The molecule has 0 aliphatic heterocycles. The van der Waals surface area contributed by atoms with Crippen molar-refractivity contribution < 1.29 is 4.39 Å². The van der Waals surface area contributed by atoms with E-state index in [9.17, 15) is 9.65 Å². The van der Waals surface area contributed by atoms with Gasteiger partial charge in [-0.25, -0.2) is 9.37 Å². The van der Waals surface area contributed by atoms with Gasteiger partial charge in [0.05, 0.1) is 16.6 Å². The van der Waals surface area contributed by atoms with E-state index in [1.54, 1.807) is 12.1 Å². The SMILES string of the molecule is N#C/C(=C/c1c[nH]c2ccc(Br)cc12)c1nc2ccc(F)cc2[nH]1. The second-order valence-electron chi connectivity index (χ2n) is 5.35. The zero-order valence-corrected chi connectivity index (χ0v) is 13.9. The van der Waals surface area contributed by atoms with E-state index in [2.05, 4.69) is 37.0 Å². The number of imidazole rings is 1. The summed E-state index contributed by atoms with van der Waals surface area (Å²) < 4.78 is 14.3. The first kappa shape index (κ1) is 14.7. The lowest BCUT2D eigenvalue weighted by atomic mass is 10.1. The fourth-order valence-corrected chi connectivity index (χ4v) is 3.01. The van der Waals surface area contributed by atoms with Crippen LogP contribution in [0.2, 0.25) is 0 Å². The third kappa shape index (κ3) is 2.49. The van der Waals surface area contributed by atoms with Crippen LogP contribution in [0.3, 0.4) is 0 Å². The molecule has 4 nitrogen and oxygen atoms in total. The van der Waals surface area contributed by atoms with Crippen LogP contribution in [0.4, 0.5) is 4.39 Å². The lowest BCUT2D eigenvalue weighted by Gasteiger charge is -1.96. The standard InChI is InChI=1S/C18H10BrFN4/c19-12-1-3-15-14(6-12)11(9-22-15)5-10(8-21)18-23-16-4-2-13(20)7-17(16)24-18/h1-7,9,22H,(H,23,24)/b10-5-. The maximum atomic E-state index is 13.3. The van der Waals surface area contributed by atoms with E-state index in [0.717, 1.165) is 20.9 Å². The van der Waals surface area contributed by atoms with Crippen molar-refractivity contribution in [1.82, 2.24) is 15.0 Å². The highest BCUT2D eigenvalue weighted by molar-refractivity contribution is 9.10. The van der Waals surface area contributed by atoms with Gasteiger partial charge < -0.3 is 9.97 Å². The molecule has 2 heterocycles. The number of nitriles is 1. The minimum atomic E-state index is -0.346. The number of aromatic nitrogens is 3. The van der Waals surface area contributed by atoms with Crippen molar-refractivity contribution in [2.75, 3.05) is 0 Å². The number of nitrogens with one attached hydrogen (secondary N) is 2. The number of benzene rings is 2. The second-order valence-corrected chi connectivity index (χ2v) is 6.27. The summed E-state index contributed by atoms with van der Waals surface area (Å²) >= 11 is 3.46. The summed E-state index contributed by atoms with van der Waals surface area (Å²) in [6.07, 6.45) is 3.61. The van der Waals surface area contributed by atoms with Crippen LogP contribution in [0.15, 0.2) is 47.1 Å². The highest BCUT2D eigenvalue weighted by Crippen LogP contribution is 2.26. The van der Waals surface area contributed by atoms with Gasteiger partial charge in [-0.1, -0.05) is 15.9 Å². The van der Waals surface area contributed by atoms with Crippen LogP contribution in [0, 0.1) is 17.1 Å². The number of aromatic amines is 2. The van der Waals surface area contributed by atoms with Crippen LogP contribution >= 0.6 is 15.9 Å². The van der Waals surface area contributed by atoms with Crippen molar-refractivity contribution in [3.63, 3.8) is 0 Å². The van der Waals surface area contributed by atoms with Gasteiger partial charge in [0.1, 0.15) is 17.7 Å². The average molecular weight is 381 g/mol. The molecule has 0 spiro atoms. The molecule has 24 heavy (non-hydrogen) atoms. The number of H-pyrrole nitrogens is 2. The van der Waals surface area contributed by atoms with Gasteiger partial charge in [0.2, 0.25) is 0 Å². The molecule has 0 bridgehead atoms. The maximum absolute atomic E-state index is 13.3. The molecule has 0 fully saturated rings. The smallest absolute Gasteiger partial charge is 0.149 e. The monoisotopic (exact) mass is 380 g/mol. The summed E-state index contributed by atoms with van der Waals surface area (Å²) in [5, 5.41) is 10.5. The molecule has 116 valence electrons. The van der Waals surface area contributed by atoms with Crippen molar-refractivity contribution in [2.45, 2.75) is 0 Å². The lowest BCUT2D eigenvalue weighted by Crippen LogP contribution is -1.84. The van der Waals surface area contributed by atoms with Gasteiger partial charge in [0.25, 0.3) is 0 Å². The maximum Gasteiger partial charge on any atom is 0.149 e. The number of fused-ring (bicyclic) bond motifs is 2. The molecule has 4 rings (SSSR count). The van der Waals surface area contributed by atoms with E-state index in [1.807, 2.05) is 24.4 Å². The molecular formula is C18H10BrFN4. The summed E-state index contributed by atoms with van der Waals surface area (Å²) in [4.78, 5) is 10.5. The number of hydrogen-bond acceptors (Lipinski definition) is 2. The highest BCUT2D eigenvalue weighted by Gasteiger charge is 2.10. The van der Waals surface area contributed by atoms with Gasteiger partial charge in [-0.2, -0.15) is 5.26 Å². The molecule has 0 atom stereocenters. The Morgan fingerprint density at radius 2 is 2.08 bits per heavy atom. The van der Waals surface area contributed by atoms with Gasteiger partial charge in [0.15, 0.2) is 0 Å². The van der Waals surface area contributed by atoms with E-state index in [1.165, 1.54) is 12.1 Å². The highest BCUT2D eigenvalue weighted by atomic mass is 79.9. The van der Waals surface area contributed by atoms with Crippen LogP contribution in [-0.2, 0) is 0 Å². The molecule has 0 unspecified atom stereocenters. The van der Waals surface area contributed by atoms with E-state index < -0.39 is 0 Å². The molecular weight excluding hydrogens is 371 g/mol. The van der Waals surface area contributed by atoms with E-state index in [0.29, 0.717) is 22.4 Å². The van der Waals surface area contributed by atoms with E-state index in [-0.39, 0.29) is 5.82 Å². The zero-order chi connectivity index (χ0) is 16.7. The summed E-state index contributed by atoms with van der Waals surface area (Å²) in [6.45, 7) is 0. The first-order valence-electron chi connectivity index (χ1n) is 7.18. The minimum absolute atomic E-state index is 0.346. The van der Waals surface area contributed by atoms with Gasteiger partial charge in [-0.3, -0.25) is 0 Å². The number of halogens is 2.